The van der Waals surface area contributed by atoms with Gasteiger partial charge < -0.3 is 20.1 Å². The number of aromatic nitrogens is 1. The summed E-state index contributed by atoms with van der Waals surface area (Å²) in [6.07, 6.45) is 2.53. The van der Waals surface area contributed by atoms with E-state index < -0.39 is 11.4 Å². The van der Waals surface area contributed by atoms with Gasteiger partial charge in [0.15, 0.2) is 0 Å². The maximum Gasteiger partial charge on any atom is 0.410 e. The minimum atomic E-state index is -0.600. The van der Waals surface area contributed by atoms with E-state index in [1.54, 1.807) is 17.2 Å². The summed E-state index contributed by atoms with van der Waals surface area (Å²) in [7, 11) is 0. The van der Waals surface area contributed by atoms with Crippen LogP contribution in [-0.4, -0.2) is 46.6 Å². The van der Waals surface area contributed by atoms with Crippen molar-refractivity contribution in [3.05, 3.63) is 35.8 Å². The number of piperidine rings is 1. The zero-order chi connectivity index (χ0) is 20.5. The molecular weight excluding hydrogens is 363 g/mol. The van der Waals surface area contributed by atoms with Crippen LogP contribution in [0.3, 0.4) is 0 Å². The van der Waals surface area contributed by atoms with Gasteiger partial charge in [0.2, 0.25) is 0 Å². The third-order valence-electron chi connectivity index (χ3n) is 4.40. The lowest BCUT2D eigenvalue weighted by atomic mass is 10.1. The number of hydrogen-bond acceptors (Lipinski definition) is 5. The fraction of sp³-hybridized carbons (Fsp3) is 0.450. The summed E-state index contributed by atoms with van der Waals surface area (Å²) in [6.45, 7) is 6.50. The highest BCUT2D eigenvalue weighted by Crippen LogP contribution is 2.29. The molecule has 1 saturated heterocycles. The summed E-state index contributed by atoms with van der Waals surface area (Å²) in [4.78, 5) is 18.2. The molecule has 7 nitrogen and oxygen atoms in total. The van der Waals surface area contributed by atoms with Crippen molar-refractivity contribution >= 4 is 22.8 Å². The van der Waals surface area contributed by atoms with E-state index in [9.17, 15) is 9.18 Å². The maximum absolute atomic E-state index is 14.3. The van der Waals surface area contributed by atoms with E-state index in [4.69, 9.17) is 20.6 Å². The molecule has 0 saturated carbocycles. The lowest BCUT2D eigenvalue weighted by molar-refractivity contribution is 0.00793. The molecule has 1 aliphatic rings. The predicted octanol–water partition coefficient (Wildman–Crippen LogP) is 3.44. The second-order valence-corrected chi connectivity index (χ2v) is 7.88. The number of ether oxygens (including phenoxy) is 2. The van der Waals surface area contributed by atoms with E-state index in [2.05, 4.69) is 4.98 Å². The number of amidine groups is 1. The second kappa shape index (κ2) is 7.61. The van der Waals surface area contributed by atoms with Gasteiger partial charge >= 0.3 is 6.09 Å². The highest BCUT2D eigenvalue weighted by molar-refractivity contribution is 5.99. The largest absolute Gasteiger partial charge is 0.488 e. The van der Waals surface area contributed by atoms with Gasteiger partial charge in [0.25, 0.3) is 0 Å². The number of hydrogen-bond donors (Lipinski definition) is 2. The van der Waals surface area contributed by atoms with Crippen molar-refractivity contribution in [2.75, 3.05) is 13.1 Å². The summed E-state index contributed by atoms with van der Waals surface area (Å²) < 4.78 is 25.8. The molecule has 3 N–H and O–H groups in total. The summed E-state index contributed by atoms with van der Waals surface area (Å²) in [5.41, 5.74) is 5.35. The molecule has 150 valence electrons. The van der Waals surface area contributed by atoms with E-state index in [-0.39, 0.29) is 23.6 Å². The van der Waals surface area contributed by atoms with Crippen molar-refractivity contribution in [2.24, 2.45) is 5.73 Å². The molecule has 28 heavy (non-hydrogen) atoms. The molecule has 1 aromatic heterocycles. The van der Waals surface area contributed by atoms with Crippen molar-refractivity contribution in [1.29, 1.82) is 5.41 Å². The average Bonchev–Trinajstić information content (AvgIpc) is 2.60. The van der Waals surface area contributed by atoms with Crippen LogP contribution < -0.4 is 10.5 Å². The van der Waals surface area contributed by atoms with Gasteiger partial charge in [0.1, 0.15) is 29.1 Å². The molecule has 2 heterocycles. The van der Waals surface area contributed by atoms with Crippen LogP contribution in [-0.2, 0) is 4.74 Å². The number of likely N-dealkylation sites (tertiary alicyclic amines) is 1. The molecule has 1 amide bonds. The van der Waals surface area contributed by atoms with Crippen LogP contribution in [0.5, 0.6) is 5.75 Å². The van der Waals surface area contributed by atoms with Gasteiger partial charge in [0, 0.05) is 18.1 Å². The molecule has 1 fully saturated rings. The Morgan fingerprint density at radius 3 is 2.82 bits per heavy atom. The highest BCUT2D eigenvalue weighted by atomic mass is 19.1. The Bertz CT molecular complexity index is 910. The topological polar surface area (TPSA) is 102 Å². The lowest BCUT2D eigenvalue weighted by Crippen LogP contribution is -2.46. The van der Waals surface area contributed by atoms with E-state index in [0.29, 0.717) is 29.7 Å². The molecule has 1 aliphatic heterocycles. The Balaban J connectivity index is 1.79. The van der Waals surface area contributed by atoms with Crippen LogP contribution >= 0.6 is 0 Å². The standard InChI is InChI=1S/C20H25FN4O3/c1-20(2,3)28-19(26)25-8-4-5-12(11-25)27-17-6-7-24-16-10-13(18(22)23)15(21)9-14(16)17/h6-7,9-10,12H,4-5,8,11H2,1-3H3,(H3,22,23)/t12-/m1/s1. The summed E-state index contributed by atoms with van der Waals surface area (Å²) in [5, 5.41) is 7.96. The van der Waals surface area contributed by atoms with E-state index in [1.807, 2.05) is 20.8 Å². The summed E-state index contributed by atoms with van der Waals surface area (Å²) >= 11 is 0. The first kappa shape index (κ1) is 19.9. The molecule has 0 aliphatic carbocycles. The van der Waals surface area contributed by atoms with Gasteiger partial charge in [-0.2, -0.15) is 0 Å². The monoisotopic (exact) mass is 388 g/mol. The third-order valence-corrected chi connectivity index (χ3v) is 4.40. The number of pyridine rings is 1. The van der Waals surface area contributed by atoms with Crippen molar-refractivity contribution in [3.63, 3.8) is 0 Å². The quantitative estimate of drug-likeness (QED) is 0.620. The highest BCUT2D eigenvalue weighted by Gasteiger charge is 2.29. The van der Waals surface area contributed by atoms with Gasteiger partial charge in [-0.05, 0) is 51.8 Å². The molecule has 1 atom stereocenters. The van der Waals surface area contributed by atoms with Crippen LogP contribution in [0.4, 0.5) is 9.18 Å². The fourth-order valence-electron chi connectivity index (χ4n) is 3.16. The third kappa shape index (κ3) is 4.49. The molecule has 0 radical (unpaired) electrons. The zero-order valence-electron chi connectivity index (χ0n) is 16.3. The van der Waals surface area contributed by atoms with E-state index in [0.717, 1.165) is 12.8 Å². The Hall–Kier alpha value is -2.90. The van der Waals surface area contributed by atoms with Gasteiger partial charge in [0.05, 0.1) is 17.6 Å². The first-order valence-electron chi connectivity index (χ1n) is 9.21. The molecule has 8 heteroatoms. The number of nitrogens with two attached hydrogens (primary N) is 1. The first-order chi connectivity index (χ1) is 13.1. The smallest absolute Gasteiger partial charge is 0.410 e. The molecule has 2 aromatic rings. The van der Waals surface area contributed by atoms with Gasteiger partial charge in [-0.25, -0.2) is 9.18 Å². The van der Waals surface area contributed by atoms with Crippen molar-refractivity contribution < 1.29 is 18.7 Å². The number of fused-ring (bicyclic) bond motifs is 1. The Labute approximate surface area is 163 Å². The normalized spacial score (nSPS) is 17.4. The number of nitrogens with zero attached hydrogens (tertiary/aromatic N) is 2. The van der Waals surface area contributed by atoms with Gasteiger partial charge in [-0.1, -0.05) is 0 Å². The summed E-state index contributed by atoms with van der Waals surface area (Å²) in [6, 6.07) is 4.39. The number of amides is 1. The Kier molecular flexibility index (Phi) is 5.40. The van der Waals surface area contributed by atoms with Crippen molar-refractivity contribution in [3.8, 4) is 5.75 Å². The van der Waals surface area contributed by atoms with Crippen LogP contribution in [0.2, 0.25) is 0 Å². The molecule has 3 rings (SSSR count). The van der Waals surface area contributed by atoms with Crippen LogP contribution in [0.15, 0.2) is 24.4 Å². The van der Waals surface area contributed by atoms with Gasteiger partial charge in [-0.3, -0.25) is 10.4 Å². The molecule has 0 bridgehead atoms. The molecule has 1 aromatic carbocycles. The van der Waals surface area contributed by atoms with E-state index in [1.165, 1.54) is 12.1 Å². The van der Waals surface area contributed by atoms with Gasteiger partial charge in [-0.15, -0.1) is 0 Å². The number of carbonyl (C=O) groups excluding carboxylic acids is 1. The van der Waals surface area contributed by atoms with Crippen LogP contribution in [0, 0.1) is 11.2 Å². The summed E-state index contributed by atoms with van der Waals surface area (Å²) in [5.74, 6) is -0.472. The zero-order valence-corrected chi connectivity index (χ0v) is 16.3. The van der Waals surface area contributed by atoms with Crippen molar-refractivity contribution in [2.45, 2.75) is 45.3 Å². The number of nitrogen functional groups attached to an aromatic ring is 1. The number of benzene rings is 1. The SMILES string of the molecule is CC(C)(C)OC(=O)N1CCC[C@@H](Oc2ccnc3cc(C(=N)N)c(F)cc23)C1. The fourth-order valence-corrected chi connectivity index (χ4v) is 3.16. The van der Waals surface area contributed by atoms with Crippen molar-refractivity contribution in [1.82, 2.24) is 9.88 Å². The minimum absolute atomic E-state index is 0.00548. The number of halogens is 1. The second-order valence-electron chi connectivity index (χ2n) is 7.88. The Morgan fingerprint density at radius 1 is 1.39 bits per heavy atom. The number of rotatable bonds is 3. The molecule has 0 spiro atoms. The predicted molar refractivity (Wildman–Crippen MR) is 104 cm³/mol. The lowest BCUT2D eigenvalue weighted by Gasteiger charge is -2.34. The molecule has 0 unspecified atom stereocenters. The van der Waals surface area contributed by atoms with Crippen LogP contribution in [0.25, 0.3) is 10.9 Å². The maximum atomic E-state index is 14.3. The Morgan fingerprint density at radius 2 is 2.14 bits per heavy atom. The average molecular weight is 388 g/mol. The van der Waals surface area contributed by atoms with E-state index >= 15 is 0 Å². The van der Waals surface area contributed by atoms with Crippen LogP contribution in [0.1, 0.15) is 39.2 Å². The number of nitrogens with one attached hydrogen (secondary N) is 1. The first-order valence-corrected chi connectivity index (χ1v) is 9.21. The number of carbonyl (C=O) groups is 1. The molecular formula is C20H25FN4O3. The minimum Gasteiger partial charge on any atom is -0.488 e.